The van der Waals surface area contributed by atoms with E-state index in [1.54, 1.807) is 0 Å². The van der Waals surface area contributed by atoms with Crippen molar-refractivity contribution in [3.05, 3.63) is 35.4 Å². The number of nitrogens with two attached hydrogens (primary N) is 1. The maximum Gasteiger partial charge on any atom is 0.0575 e. The Hall–Kier alpha value is -0.900. The summed E-state index contributed by atoms with van der Waals surface area (Å²) in [6, 6.07) is 9.04. The van der Waals surface area contributed by atoms with Crippen LogP contribution < -0.4 is 11.3 Å². The summed E-state index contributed by atoms with van der Waals surface area (Å²) in [6.07, 6.45) is 6.25. The van der Waals surface area contributed by atoms with Gasteiger partial charge in [-0.3, -0.25) is 11.3 Å². The largest absolute Gasteiger partial charge is 0.378 e. The van der Waals surface area contributed by atoms with Crippen LogP contribution in [0.25, 0.3) is 0 Å². The number of ether oxygens (including phenoxy) is 1. The van der Waals surface area contributed by atoms with Crippen molar-refractivity contribution in [2.45, 2.75) is 64.0 Å². The topological polar surface area (TPSA) is 47.3 Å². The van der Waals surface area contributed by atoms with Gasteiger partial charge in [-0.05, 0) is 49.1 Å². The first-order chi connectivity index (χ1) is 9.70. The van der Waals surface area contributed by atoms with Crippen LogP contribution >= 0.6 is 0 Å². The van der Waals surface area contributed by atoms with Gasteiger partial charge in [0.25, 0.3) is 0 Å². The van der Waals surface area contributed by atoms with Gasteiger partial charge < -0.3 is 4.74 Å². The quantitative estimate of drug-likeness (QED) is 0.615. The molecule has 2 rings (SSSR count). The van der Waals surface area contributed by atoms with Crippen molar-refractivity contribution < 1.29 is 4.74 Å². The summed E-state index contributed by atoms with van der Waals surface area (Å²) in [5.74, 6) is 6.30. The van der Waals surface area contributed by atoms with Crippen molar-refractivity contribution in [1.82, 2.24) is 5.43 Å². The van der Waals surface area contributed by atoms with Crippen molar-refractivity contribution in [3.63, 3.8) is 0 Å². The molecule has 0 aliphatic carbocycles. The molecule has 0 spiro atoms. The minimum atomic E-state index is 0.224. The van der Waals surface area contributed by atoms with Crippen LogP contribution in [0.5, 0.6) is 0 Å². The van der Waals surface area contributed by atoms with Crippen LogP contribution in [0.15, 0.2) is 24.3 Å². The van der Waals surface area contributed by atoms with E-state index in [1.807, 2.05) is 0 Å². The first-order valence-electron chi connectivity index (χ1n) is 7.88. The highest BCUT2D eigenvalue weighted by molar-refractivity contribution is 5.26. The Morgan fingerprint density at radius 2 is 1.90 bits per heavy atom. The third kappa shape index (κ3) is 4.30. The second-order valence-corrected chi connectivity index (χ2v) is 6.11. The highest BCUT2D eigenvalue weighted by Gasteiger charge is 2.17. The molecule has 1 aromatic rings. The number of hydrazine groups is 1. The van der Waals surface area contributed by atoms with Crippen molar-refractivity contribution in [2.75, 3.05) is 6.61 Å². The van der Waals surface area contributed by atoms with Crippen LogP contribution in [0, 0.1) is 0 Å². The van der Waals surface area contributed by atoms with Gasteiger partial charge in [-0.25, -0.2) is 0 Å². The number of hydrogen-bond donors (Lipinski definition) is 2. The molecule has 0 bridgehead atoms. The fraction of sp³-hybridized carbons (Fsp3) is 0.647. The van der Waals surface area contributed by atoms with Gasteiger partial charge in [0.15, 0.2) is 0 Å². The molecule has 2 atom stereocenters. The Balaban J connectivity index is 1.89. The summed E-state index contributed by atoms with van der Waals surface area (Å²) < 4.78 is 5.79. The first-order valence-corrected chi connectivity index (χ1v) is 7.88. The number of nitrogens with one attached hydrogen (secondary N) is 1. The highest BCUT2D eigenvalue weighted by atomic mass is 16.5. The van der Waals surface area contributed by atoms with E-state index in [0.29, 0.717) is 12.0 Å². The number of rotatable bonds is 6. The predicted molar refractivity (Wildman–Crippen MR) is 83.4 cm³/mol. The summed E-state index contributed by atoms with van der Waals surface area (Å²) in [7, 11) is 0. The monoisotopic (exact) mass is 276 g/mol. The molecule has 112 valence electrons. The molecule has 1 aromatic carbocycles. The molecule has 3 heteroatoms. The van der Waals surface area contributed by atoms with E-state index in [-0.39, 0.29) is 6.04 Å². The van der Waals surface area contributed by atoms with Crippen LogP contribution in [0.2, 0.25) is 0 Å². The molecule has 0 amide bonds. The molecule has 0 saturated carbocycles. The Bertz CT molecular complexity index is 382. The van der Waals surface area contributed by atoms with Crippen LogP contribution in [0.3, 0.4) is 0 Å². The van der Waals surface area contributed by atoms with Crippen LogP contribution in [-0.4, -0.2) is 12.7 Å². The Morgan fingerprint density at radius 1 is 1.20 bits per heavy atom. The number of hydrogen-bond acceptors (Lipinski definition) is 3. The molecule has 0 radical (unpaired) electrons. The second-order valence-electron chi connectivity index (χ2n) is 6.11. The standard InChI is InChI=1S/C17H28N2O/c1-13(2)14-6-8-15(9-7-14)17(19-18)11-10-16-5-3-4-12-20-16/h6-9,13,16-17,19H,3-5,10-12,18H2,1-2H3. The van der Waals surface area contributed by atoms with Gasteiger partial charge in [-0.15, -0.1) is 0 Å². The average Bonchev–Trinajstić information content (AvgIpc) is 2.49. The molecule has 20 heavy (non-hydrogen) atoms. The molecule has 1 fully saturated rings. The third-order valence-corrected chi connectivity index (χ3v) is 4.26. The van der Waals surface area contributed by atoms with Gasteiger partial charge in [-0.2, -0.15) is 0 Å². The highest BCUT2D eigenvalue weighted by Crippen LogP contribution is 2.24. The minimum absolute atomic E-state index is 0.224. The second kappa shape index (κ2) is 7.77. The first kappa shape index (κ1) is 15.5. The average molecular weight is 276 g/mol. The van der Waals surface area contributed by atoms with Gasteiger partial charge in [-0.1, -0.05) is 38.1 Å². The lowest BCUT2D eigenvalue weighted by molar-refractivity contribution is 0.00854. The lowest BCUT2D eigenvalue weighted by Gasteiger charge is -2.25. The maximum atomic E-state index is 5.79. The molecule has 1 heterocycles. The minimum Gasteiger partial charge on any atom is -0.378 e. The summed E-state index contributed by atoms with van der Waals surface area (Å²) in [4.78, 5) is 0. The molecule has 0 aromatic heterocycles. The fourth-order valence-electron chi connectivity index (χ4n) is 2.85. The van der Waals surface area contributed by atoms with Gasteiger partial charge in [0.1, 0.15) is 0 Å². The van der Waals surface area contributed by atoms with E-state index in [2.05, 4.69) is 43.5 Å². The summed E-state index contributed by atoms with van der Waals surface area (Å²) >= 11 is 0. The Labute approximate surface area is 122 Å². The van der Waals surface area contributed by atoms with Gasteiger partial charge in [0, 0.05) is 12.6 Å². The van der Waals surface area contributed by atoms with Crippen molar-refractivity contribution >= 4 is 0 Å². The van der Waals surface area contributed by atoms with Crippen LogP contribution in [0.4, 0.5) is 0 Å². The smallest absolute Gasteiger partial charge is 0.0575 e. The molecule has 1 aliphatic heterocycles. The van der Waals surface area contributed by atoms with Crippen molar-refractivity contribution in [3.8, 4) is 0 Å². The lowest BCUT2D eigenvalue weighted by atomic mass is 9.95. The SMILES string of the molecule is CC(C)c1ccc(C(CCC2CCCCO2)NN)cc1. The molecule has 1 aliphatic rings. The summed E-state index contributed by atoms with van der Waals surface area (Å²) in [5, 5.41) is 0. The van der Waals surface area contributed by atoms with E-state index in [1.165, 1.54) is 30.4 Å². The van der Waals surface area contributed by atoms with E-state index >= 15 is 0 Å². The Kier molecular flexibility index (Phi) is 6.02. The molecule has 3 N–H and O–H groups in total. The van der Waals surface area contributed by atoms with E-state index in [0.717, 1.165) is 19.4 Å². The maximum absolute atomic E-state index is 5.79. The third-order valence-electron chi connectivity index (χ3n) is 4.26. The molecule has 2 unspecified atom stereocenters. The lowest BCUT2D eigenvalue weighted by Crippen LogP contribution is -2.29. The normalized spacial score (nSPS) is 21.1. The molecule has 1 saturated heterocycles. The van der Waals surface area contributed by atoms with E-state index < -0.39 is 0 Å². The zero-order valence-electron chi connectivity index (χ0n) is 12.8. The summed E-state index contributed by atoms with van der Waals surface area (Å²) in [6.45, 7) is 5.36. The summed E-state index contributed by atoms with van der Waals surface area (Å²) in [5.41, 5.74) is 5.60. The van der Waals surface area contributed by atoms with Gasteiger partial charge >= 0.3 is 0 Å². The van der Waals surface area contributed by atoms with E-state index in [9.17, 15) is 0 Å². The fourth-order valence-corrected chi connectivity index (χ4v) is 2.85. The molecule has 3 nitrogen and oxygen atoms in total. The van der Waals surface area contributed by atoms with E-state index in [4.69, 9.17) is 10.6 Å². The van der Waals surface area contributed by atoms with Crippen LogP contribution in [-0.2, 0) is 4.74 Å². The van der Waals surface area contributed by atoms with Gasteiger partial charge in [0.05, 0.1) is 6.10 Å². The molecular weight excluding hydrogens is 248 g/mol. The zero-order chi connectivity index (χ0) is 14.4. The Morgan fingerprint density at radius 3 is 2.45 bits per heavy atom. The zero-order valence-corrected chi connectivity index (χ0v) is 12.8. The van der Waals surface area contributed by atoms with Crippen molar-refractivity contribution in [2.24, 2.45) is 5.84 Å². The van der Waals surface area contributed by atoms with Crippen LogP contribution in [0.1, 0.15) is 69.0 Å². The number of benzene rings is 1. The molecular formula is C17H28N2O. The van der Waals surface area contributed by atoms with Crippen molar-refractivity contribution in [1.29, 1.82) is 0 Å². The predicted octanol–water partition coefficient (Wildman–Crippen LogP) is 3.66. The van der Waals surface area contributed by atoms with Gasteiger partial charge in [0.2, 0.25) is 0 Å².